The van der Waals surface area contributed by atoms with Gasteiger partial charge in [-0.15, -0.1) is 0 Å². The molecule has 7 heteroatoms. The minimum Gasteiger partial charge on any atom is -0.379 e. The Kier molecular flexibility index (Phi) is 9.62. The molecule has 172 valence electrons. The van der Waals surface area contributed by atoms with Crippen LogP contribution >= 0.6 is 0 Å². The molecule has 1 unspecified atom stereocenters. The molecule has 0 saturated carbocycles. The number of piperidine rings is 1. The molecule has 1 aromatic carbocycles. The molecule has 0 spiro atoms. The van der Waals surface area contributed by atoms with Gasteiger partial charge in [-0.1, -0.05) is 24.3 Å². The van der Waals surface area contributed by atoms with E-state index >= 15 is 0 Å². The Balaban J connectivity index is 1.52. The molecule has 1 atom stereocenters. The Morgan fingerprint density at radius 2 is 1.90 bits per heavy atom. The number of hydrogen-bond acceptors (Lipinski definition) is 4. The fraction of sp³-hybridized carbons (Fsp3) is 0.667. The SMILES string of the molecule is CCNC(=NCc1ccccc1CN1CCOCC1)NCCC(=O)N1CCCCC1C. The monoisotopic (exact) mass is 429 g/mol. The molecule has 1 aromatic rings. The van der Waals surface area contributed by atoms with E-state index in [-0.39, 0.29) is 5.91 Å². The van der Waals surface area contributed by atoms with Crippen molar-refractivity contribution in [2.45, 2.75) is 58.7 Å². The summed E-state index contributed by atoms with van der Waals surface area (Å²) in [4.78, 5) is 21.8. The van der Waals surface area contributed by atoms with Crippen LogP contribution in [0.3, 0.4) is 0 Å². The average Bonchev–Trinajstić information content (AvgIpc) is 2.79. The van der Waals surface area contributed by atoms with Crippen molar-refractivity contribution in [2.75, 3.05) is 45.9 Å². The molecule has 1 amide bonds. The van der Waals surface area contributed by atoms with E-state index in [1.165, 1.54) is 17.5 Å². The Morgan fingerprint density at radius 1 is 1.13 bits per heavy atom. The van der Waals surface area contributed by atoms with Gasteiger partial charge in [0.15, 0.2) is 5.96 Å². The maximum absolute atomic E-state index is 12.6. The topological polar surface area (TPSA) is 69.2 Å². The third kappa shape index (κ3) is 7.51. The van der Waals surface area contributed by atoms with Crippen molar-refractivity contribution in [3.8, 4) is 0 Å². The van der Waals surface area contributed by atoms with Gasteiger partial charge in [-0.2, -0.15) is 0 Å². The first-order valence-corrected chi connectivity index (χ1v) is 11.9. The van der Waals surface area contributed by atoms with Gasteiger partial charge in [-0.05, 0) is 44.2 Å². The van der Waals surface area contributed by atoms with Crippen LogP contribution in [0.15, 0.2) is 29.3 Å². The van der Waals surface area contributed by atoms with Crippen LogP contribution in [0.25, 0.3) is 0 Å². The number of morpholine rings is 1. The summed E-state index contributed by atoms with van der Waals surface area (Å²) in [6.07, 6.45) is 3.97. The molecule has 0 aromatic heterocycles. The lowest BCUT2D eigenvalue weighted by molar-refractivity contribution is -0.134. The van der Waals surface area contributed by atoms with Crippen LogP contribution in [0.5, 0.6) is 0 Å². The number of hydrogen-bond donors (Lipinski definition) is 2. The second-order valence-electron chi connectivity index (χ2n) is 8.46. The number of carbonyl (C=O) groups excluding carboxylic acids is 1. The lowest BCUT2D eigenvalue weighted by atomic mass is 10.0. The number of aliphatic imine (C=N–C) groups is 1. The molecule has 3 rings (SSSR count). The summed E-state index contributed by atoms with van der Waals surface area (Å²) in [5, 5.41) is 6.64. The average molecular weight is 430 g/mol. The minimum absolute atomic E-state index is 0.242. The van der Waals surface area contributed by atoms with Crippen molar-refractivity contribution in [3.63, 3.8) is 0 Å². The van der Waals surface area contributed by atoms with Crippen LogP contribution < -0.4 is 10.6 Å². The van der Waals surface area contributed by atoms with Crippen molar-refractivity contribution < 1.29 is 9.53 Å². The highest BCUT2D eigenvalue weighted by Crippen LogP contribution is 2.17. The van der Waals surface area contributed by atoms with Gasteiger partial charge in [-0.25, -0.2) is 4.99 Å². The Morgan fingerprint density at radius 3 is 2.65 bits per heavy atom. The zero-order valence-electron chi connectivity index (χ0n) is 19.2. The van der Waals surface area contributed by atoms with Gasteiger partial charge < -0.3 is 20.3 Å². The molecule has 2 aliphatic rings. The van der Waals surface area contributed by atoms with Gasteiger partial charge in [0.1, 0.15) is 0 Å². The molecule has 31 heavy (non-hydrogen) atoms. The summed E-state index contributed by atoms with van der Waals surface area (Å²) < 4.78 is 5.47. The molecule has 2 heterocycles. The predicted molar refractivity (Wildman–Crippen MR) is 125 cm³/mol. The Labute approximate surface area is 187 Å². The third-order valence-corrected chi connectivity index (χ3v) is 6.12. The number of amides is 1. The van der Waals surface area contributed by atoms with E-state index in [1.807, 2.05) is 4.90 Å². The second-order valence-corrected chi connectivity index (χ2v) is 8.46. The zero-order valence-corrected chi connectivity index (χ0v) is 19.2. The number of ether oxygens (including phenoxy) is 1. The largest absolute Gasteiger partial charge is 0.379 e. The Hall–Kier alpha value is -2.12. The van der Waals surface area contributed by atoms with Crippen LogP contribution in [0.2, 0.25) is 0 Å². The van der Waals surface area contributed by atoms with E-state index in [2.05, 4.69) is 53.6 Å². The van der Waals surface area contributed by atoms with Gasteiger partial charge in [0.05, 0.1) is 19.8 Å². The maximum Gasteiger partial charge on any atom is 0.224 e. The van der Waals surface area contributed by atoms with Gasteiger partial charge >= 0.3 is 0 Å². The molecule has 2 fully saturated rings. The van der Waals surface area contributed by atoms with E-state index < -0.39 is 0 Å². The highest BCUT2D eigenvalue weighted by molar-refractivity contribution is 5.81. The van der Waals surface area contributed by atoms with Gasteiger partial charge in [0.2, 0.25) is 5.91 Å². The summed E-state index contributed by atoms with van der Waals surface area (Å²) in [5.41, 5.74) is 2.56. The first kappa shape index (κ1) is 23.5. The maximum atomic E-state index is 12.6. The van der Waals surface area contributed by atoms with Crippen molar-refractivity contribution in [1.29, 1.82) is 0 Å². The van der Waals surface area contributed by atoms with Crippen molar-refractivity contribution in [3.05, 3.63) is 35.4 Å². The van der Waals surface area contributed by atoms with Gasteiger partial charge in [0.25, 0.3) is 0 Å². The number of guanidine groups is 1. The van der Waals surface area contributed by atoms with E-state index in [0.29, 0.717) is 25.6 Å². The number of nitrogens with zero attached hydrogens (tertiary/aromatic N) is 3. The van der Waals surface area contributed by atoms with Crippen LogP contribution in [-0.4, -0.2) is 73.6 Å². The fourth-order valence-corrected chi connectivity index (χ4v) is 4.27. The van der Waals surface area contributed by atoms with E-state index in [0.717, 1.165) is 64.7 Å². The zero-order chi connectivity index (χ0) is 21.9. The number of carbonyl (C=O) groups is 1. The smallest absolute Gasteiger partial charge is 0.224 e. The van der Waals surface area contributed by atoms with Gasteiger partial charge in [-0.3, -0.25) is 9.69 Å². The standard InChI is InChI=1S/C24H39N5O2/c1-3-25-24(26-12-11-23(30)29-13-7-6-8-20(29)2)27-18-21-9-4-5-10-22(21)19-28-14-16-31-17-15-28/h4-5,9-10,20H,3,6-8,11-19H2,1-2H3,(H2,25,26,27). The minimum atomic E-state index is 0.242. The van der Waals surface area contributed by atoms with E-state index in [9.17, 15) is 4.79 Å². The molecule has 0 radical (unpaired) electrons. The lowest BCUT2D eigenvalue weighted by Gasteiger charge is -2.33. The first-order valence-electron chi connectivity index (χ1n) is 11.9. The quantitative estimate of drug-likeness (QED) is 0.490. The summed E-state index contributed by atoms with van der Waals surface area (Å²) in [5.74, 6) is 1.01. The van der Waals surface area contributed by atoms with E-state index in [1.54, 1.807) is 0 Å². The molecule has 2 N–H and O–H groups in total. The number of benzene rings is 1. The fourth-order valence-electron chi connectivity index (χ4n) is 4.27. The van der Waals surface area contributed by atoms with Crippen LogP contribution in [0, 0.1) is 0 Å². The summed E-state index contributed by atoms with van der Waals surface area (Å²) in [7, 11) is 0. The Bertz CT molecular complexity index is 718. The molecule has 0 bridgehead atoms. The predicted octanol–water partition coefficient (Wildman–Crippen LogP) is 2.37. The number of rotatable bonds is 8. The molecular weight excluding hydrogens is 390 g/mol. The highest BCUT2D eigenvalue weighted by Gasteiger charge is 2.22. The summed E-state index contributed by atoms with van der Waals surface area (Å²) >= 11 is 0. The first-order chi connectivity index (χ1) is 15.2. The summed E-state index contributed by atoms with van der Waals surface area (Å²) in [6, 6.07) is 8.89. The number of likely N-dealkylation sites (tertiary alicyclic amines) is 1. The normalized spacial score (nSPS) is 20.5. The van der Waals surface area contributed by atoms with Gasteiger partial charge in [0, 0.05) is 51.7 Å². The van der Waals surface area contributed by atoms with Crippen molar-refractivity contribution >= 4 is 11.9 Å². The lowest BCUT2D eigenvalue weighted by Crippen LogP contribution is -2.44. The number of nitrogens with one attached hydrogen (secondary N) is 2. The van der Waals surface area contributed by atoms with Crippen LogP contribution in [-0.2, 0) is 22.6 Å². The molecule has 7 nitrogen and oxygen atoms in total. The highest BCUT2D eigenvalue weighted by atomic mass is 16.5. The molecule has 2 aliphatic heterocycles. The van der Waals surface area contributed by atoms with E-state index in [4.69, 9.17) is 9.73 Å². The van der Waals surface area contributed by atoms with Crippen LogP contribution in [0.4, 0.5) is 0 Å². The molecule has 0 aliphatic carbocycles. The third-order valence-electron chi connectivity index (χ3n) is 6.12. The second kappa shape index (κ2) is 12.7. The van der Waals surface area contributed by atoms with Crippen molar-refractivity contribution in [2.24, 2.45) is 4.99 Å². The molecule has 2 saturated heterocycles. The summed E-state index contributed by atoms with van der Waals surface area (Å²) in [6.45, 7) is 11.6. The molecular formula is C24H39N5O2. The van der Waals surface area contributed by atoms with Crippen LogP contribution in [0.1, 0.15) is 50.7 Å². The van der Waals surface area contributed by atoms with Crippen molar-refractivity contribution in [1.82, 2.24) is 20.4 Å².